The van der Waals surface area contributed by atoms with E-state index in [2.05, 4.69) is 0 Å². The summed E-state index contributed by atoms with van der Waals surface area (Å²) in [5.74, 6) is -0.216. The maximum absolute atomic E-state index is 12.6. The summed E-state index contributed by atoms with van der Waals surface area (Å²) in [7, 11) is 0. The molecule has 0 aliphatic rings. The molecule has 1 amide bonds. The number of halogens is 1. The molecule has 3 N–H and O–H groups in total. The predicted molar refractivity (Wildman–Crippen MR) is 84.4 cm³/mol. The first-order valence-electron chi connectivity index (χ1n) is 6.64. The lowest BCUT2D eigenvalue weighted by atomic mass is 10.1. The number of hydrogen-bond donors (Lipinski definition) is 2. The van der Waals surface area contributed by atoms with Gasteiger partial charge in [0.1, 0.15) is 5.75 Å². The normalized spacial score (nSPS) is 10.4. The molecule has 2 aromatic rings. The number of hydrogen-bond acceptors (Lipinski definition) is 3. The lowest BCUT2D eigenvalue weighted by Gasteiger charge is -2.22. The fourth-order valence-corrected chi connectivity index (χ4v) is 2.25. The summed E-state index contributed by atoms with van der Waals surface area (Å²) in [5.41, 5.74) is 7.33. The number of nitrogen functional groups attached to an aromatic ring is 1. The van der Waals surface area contributed by atoms with E-state index in [0.29, 0.717) is 29.4 Å². The topological polar surface area (TPSA) is 66.6 Å². The number of amides is 1. The minimum Gasteiger partial charge on any atom is -0.508 e. The molecule has 2 rings (SSSR count). The van der Waals surface area contributed by atoms with Crippen LogP contribution in [0.4, 0.5) is 5.69 Å². The Kier molecular flexibility index (Phi) is 4.70. The van der Waals surface area contributed by atoms with Crippen molar-refractivity contribution in [3.8, 4) is 5.75 Å². The Balaban J connectivity index is 2.27. The Bertz CT molecular complexity index is 658. The molecule has 0 fully saturated rings. The van der Waals surface area contributed by atoms with Crippen LogP contribution in [-0.2, 0) is 6.54 Å². The molecule has 0 spiro atoms. The first kappa shape index (κ1) is 15.2. The number of carbonyl (C=O) groups excluding carboxylic acids is 1. The maximum Gasteiger partial charge on any atom is 0.256 e. The molecular weight excluding hydrogens is 288 g/mol. The van der Waals surface area contributed by atoms with E-state index in [1.165, 1.54) is 18.2 Å². The van der Waals surface area contributed by atoms with Gasteiger partial charge in [0.15, 0.2) is 0 Å². The number of benzene rings is 2. The number of nitrogens with two attached hydrogens (primary N) is 1. The van der Waals surface area contributed by atoms with Gasteiger partial charge in [-0.1, -0.05) is 29.8 Å². The first-order valence-corrected chi connectivity index (χ1v) is 7.02. The van der Waals surface area contributed by atoms with Crippen molar-refractivity contribution in [1.82, 2.24) is 4.90 Å². The van der Waals surface area contributed by atoms with Crippen molar-refractivity contribution >= 4 is 23.2 Å². The molecule has 0 heterocycles. The summed E-state index contributed by atoms with van der Waals surface area (Å²) in [6.07, 6.45) is 0. The Labute approximate surface area is 128 Å². The maximum atomic E-state index is 12.6. The molecule has 0 radical (unpaired) electrons. The second-order valence-corrected chi connectivity index (χ2v) is 5.09. The molecule has 0 unspecified atom stereocenters. The summed E-state index contributed by atoms with van der Waals surface area (Å²) in [4.78, 5) is 14.2. The summed E-state index contributed by atoms with van der Waals surface area (Å²) in [5, 5.41) is 10.1. The van der Waals surface area contributed by atoms with Gasteiger partial charge in [0, 0.05) is 23.8 Å². The SMILES string of the molecule is CCN(Cc1ccccc1Cl)C(=O)c1cc(O)ccc1N. The zero-order valence-corrected chi connectivity index (χ0v) is 12.5. The zero-order valence-electron chi connectivity index (χ0n) is 11.7. The Hall–Kier alpha value is -2.20. The van der Waals surface area contributed by atoms with E-state index in [9.17, 15) is 9.90 Å². The van der Waals surface area contributed by atoms with Crippen LogP contribution in [0.3, 0.4) is 0 Å². The van der Waals surface area contributed by atoms with Gasteiger partial charge in [-0.15, -0.1) is 0 Å². The molecule has 0 bridgehead atoms. The zero-order chi connectivity index (χ0) is 15.4. The molecular formula is C16H17ClN2O2. The molecule has 110 valence electrons. The van der Waals surface area contributed by atoms with Gasteiger partial charge in [-0.05, 0) is 36.8 Å². The third-order valence-corrected chi connectivity index (χ3v) is 3.62. The van der Waals surface area contributed by atoms with Gasteiger partial charge in [-0.2, -0.15) is 0 Å². The minimum absolute atomic E-state index is 0.0151. The van der Waals surface area contributed by atoms with Gasteiger partial charge in [-0.3, -0.25) is 4.79 Å². The van der Waals surface area contributed by atoms with E-state index in [0.717, 1.165) is 5.56 Å². The third kappa shape index (κ3) is 3.47. The molecule has 5 heteroatoms. The Morgan fingerprint density at radius 3 is 2.67 bits per heavy atom. The monoisotopic (exact) mass is 304 g/mol. The Morgan fingerprint density at radius 1 is 1.29 bits per heavy atom. The molecule has 0 saturated carbocycles. The number of phenols is 1. The number of aromatic hydroxyl groups is 1. The van der Waals surface area contributed by atoms with E-state index in [4.69, 9.17) is 17.3 Å². The average Bonchev–Trinajstić information content (AvgIpc) is 2.48. The smallest absolute Gasteiger partial charge is 0.256 e. The molecule has 0 aliphatic carbocycles. The highest BCUT2D eigenvalue weighted by atomic mass is 35.5. The van der Waals surface area contributed by atoms with Crippen LogP contribution >= 0.6 is 11.6 Å². The van der Waals surface area contributed by atoms with Crippen molar-refractivity contribution in [2.24, 2.45) is 0 Å². The van der Waals surface area contributed by atoms with E-state index in [1.807, 2.05) is 25.1 Å². The number of nitrogens with zero attached hydrogens (tertiary/aromatic N) is 1. The first-order chi connectivity index (χ1) is 10.0. The standard InChI is InChI=1S/C16H17ClN2O2/c1-2-19(10-11-5-3-4-6-14(11)17)16(21)13-9-12(20)7-8-15(13)18/h3-9,20H,2,10,18H2,1H3. The van der Waals surface area contributed by atoms with Gasteiger partial charge in [0.25, 0.3) is 5.91 Å². The summed E-state index contributed by atoms with van der Waals surface area (Å²) < 4.78 is 0. The van der Waals surface area contributed by atoms with Gasteiger partial charge in [0.2, 0.25) is 0 Å². The van der Waals surface area contributed by atoms with Gasteiger partial charge >= 0.3 is 0 Å². The van der Waals surface area contributed by atoms with Crippen LogP contribution in [-0.4, -0.2) is 22.5 Å². The van der Waals surface area contributed by atoms with Crippen LogP contribution in [0, 0.1) is 0 Å². The van der Waals surface area contributed by atoms with Gasteiger partial charge in [-0.25, -0.2) is 0 Å². The number of anilines is 1. The van der Waals surface area contributed by atoms with Crippen LogP contribution in [0.25, 0.3) is 0 Å². The molecule has 4 nitrogen and oxygen atoms in total. The van der Waals surface area contributed by atoms with E-state index in [1.54, 1.807) is 11.0 Å². The van der Waals surface area contributed by atoms with Crippen LogP contribution in [0.1, 0.15) is 22.8 Å². The lowest BCUT2D eigenvalue weighted by molar-refractivity contribution is 0.0753. The fraction of sp³-hybridized carbons (Fsp3) is 0.188. The quantitative estimate of drug-likeness (QED) is 0.673. The molecule has 0 atom stereocenters. The van der Waals surface area contributed by atoms with Crippen molar-refractivity contribution < 1.29 is 9.90 Å². The number of rotatable bonds is 4. The number of carbonyl (C=O) groups is 1. The Morgan fingerprint density at radius 2 is 2.00 bits per heavy atom. The van der Waals surface area contributed by atoms with Crippen LogP contribution in [0.2, 0.25) is 5.02 Å². The summed E-state index contributed by atoms with van der Waals surface area (Å²) in [6.45, 7) is 2.79. The highest BCUT2D eigenvalue weighted by molar-refractivity contribution is 6.31. The molecule has 0 saturated heterocycles. The highest BCUT2D eigenvalue weighted by Crippen LogP contribution is 2.22. The van der Waals surface area contributed by atoms with Crippen LogP contribution in [0.15, 0.2) is 42.5 Å². The van der Waals surface area contributed by atoms with Crippen molar-refractivity contribution in [3.05, 3.63) is 58.6 Å². The van der Waals surface area contributed by atoms with Gasteiger partial charge in [0.05, 0.1) is 5.56 Å². The largest absolute Gasteiger partial charge is 0.508 e. The molecule has 21 heavy (non-hydrogen) atoms. The summed E-state index contributed by atoms with van der Waals surface area (Å²) in [6, 6.07) is 11.7. The molecule has 2 aromatic carbocycles. The average molecular weight is 305 g/mol. The van der Waals surface area contributed by atoms with Crippen molar-refractivity contribution in [2.45, 2.75) is 13.5 Å². The van der Waals surface area contributed by atoms with Crippen LogP contribution < -0.4 is 5.73 Å². The fourth-order valence-electron chi connectivity index (χ4n) is 2.06. The van der Waals surface area contributed by atoms with Gasteiger partial charge < -0.3 is 15.7 Å². The predicted octanol–water partition coefficient (Wildman–Crippen LogP) is 3.29. The second kappa shape index (κ2) is 6.50. The highest BCUT2D eigenvalue weighted by Gasteiger charge is 2.18. The van der Waals surface area contributed by atoms with Crippen molar-refractivity contribution in [3.63, 3.8) is 0 Å². The summed E-state index contributed by atoms with van der Waals surface area (Å²) >= 11 is 6.13. The van der Waals surface area contributed by atoms with E-state index >= 15 is 0 Å². The second-order valence-electron chi connectivity index (χ2n) is 4.68. The van der Waals surface area contributed by atoms with E-state index < -0.39 is 0 Å². The lowest BCUT2D eigenvalue weighted by Crippen LogP contribution is -2.31. The minimum atomic E-state index is -0.231. The van der Waals surface area contributed by atoms with E-state index in [-0.39, 0.29) is 11.7 Å². The molecule has 0 aliphatic heterocycles. The number of phenolic OH excluding ortho intramolecular Hbond substituents is 1. The van der Waals surface area contributed by atoms with Crippen molar-refractivity contribution in [2.75, 3.05) is 12.3 Å². The third-order valence-electron chi connectivity index (χ3n) is 3.26. The van der Waals surface area contributed by atoms with Crippen molar-refractivity contribution in [1.29, 1.82) is 0 Å². The molecule has 0 aromatic heterocycles. The van der Waals surface area contributed by atoms with Crippen LogP contribution in [0.5, 0.6) is 5.75 Å².